The van der Waals surface area contributed by atoms with Crippen molar-refractivity contribution in [1.29, 1.82) is 0 Å². The van der Waals surface area contributed by atoms with Crippen LogP contribution in [0.15, 0.2) is 18.2 Å². The first-order valence-corrected chi connectivity index (χ1v) is 8.65. The van der Waals surface area contributed by atoms with E-state index in [9.17, 15) is 19.7 Å². The normalized spacial score (nSPS) is 14.8. The largest absolute Gasteiger partial charge is 0.462 e. The molecule has 0 unspecified atom stereocenters. The van der Waals surface area contributed by atoms with Crippen molar-refractivity contribution in [3.05, 3.63) is 33.9 Å². The van der Waals surface area contributed by atoms with Gasteiger partial charge in [-0.05, 0) is 19.9 Å². The summed E-state index contributed by atoms with van der Waals surface area (Å²) < 4.78 is 5.04. The van der Waals surface area contributed by atoms with Gasteiger partial charge in [-0.3, -0.25) is 19.8 Å². The van der Waals surface area contributed by atoms with Gasteiger partial charge in [0.2, 0.25) is 5.91 Å². The predicted octanol–water partition coefficient (Wildman–Crippen LogP) is 1.03. The van der Waals surface area contributed by atoms with Crippen LogP contribution < -0.4 is 10.2 Å². The minimum Gasteiger partial charge on any atom is -0.462 e. The first-order valence-electron chi connectivity index (χ1n) is 8.65. The van der Waals surface area contributed by atoms with Crippen molar-refractivity contribution in [2.24, 2.45) is 0 Å². The lowest BCUT2D eigenvalue weighted by atomic mass is 10.1. The van der Waals surface area contributed by atoms with Crippen LogP contribution in [0.4, 0.5) is 11.4 Å². The van der Waals surface area contributed by atoms with Gasteiger partial charge in [-0.25, -0.2) is 4.79 Å². The molecule has 1 N–H and O–H groups in total. The number of non-ortho nitro benzene ring substituents is 1. The van der Waals surface area contributed by atoms with Crippen molar-refractivity contribution in [3.63, 3.8) is 0 Å². The number of amides is 1. The second-order valence-electron chi connectivity index (χ2n) is 5.90. The molecule has 1 aromatic carbocycles. The van der Waals surface area contributed by atoms with Crippen LogP contribution in [-0.2, 0) is 9.53 Å². The van der Waals surface area contributed by atoms with Crippen LogP contribution in [0.25, 0.3) is 0 Å². The molecule has 0 atom stereocenters. The van der Waals surface area contributed by atoms with Crippen molar-refractivity contribution in [2.75, 3.05) is 50.8 Å². The van der Waals surface area contributed by atoms with Crippen LogP contribution in [0.5, 0.6) is 0 Å². The zero-order valence-electron chi connectivity index (χ0n) is 15.1. The number of carbonyl (C=O) groups is 2. The lowest BCUT2D eigenvalue weighted by Gasteiger charge is -2.36. The van der Waals surface area contributed by atoms with Gasteiger partial charge in [0.15, 0.2) is 0 Å². The SMILES string of the molecule is CCNC(=O)CN1CCN(c2ccc([N+](=O)[O-])cc2C(=O)OCC)CC1. The number of ether oxygens (including phenoxy) is 1. The van der Waals surface area contributed by atoms with E-state index in [2.05, 4.69) is 5.32 Å². The molecule has 0 bridgehead atoms. The summed E-state index contributed by atoms with van der Waals surface area (Å²) in [4.78, 5) is 38.4. The van der Waals surface area contributed by atoms with E-state index in [4.69, 9.17) is 4.74 Å². The Morgan fingerprint density at radius 2 is 1.92 bits per heavy atom. The van der Waals surface area contributed by atoms with Gasteiger partial charge >= 0.3 is 5.97 Å². The highest BCUT2D eigenvalue weighted by atomic mass is 16.6. The lowest BCUT2D eigenvalue weighted by Crippen LogP contribution is -2.49. The third-order valence-corrected chi connectivity index (χ3v) is 4.14. The Bertz CT molecular complexity index is 671. The maximum absolute atomic E-state index is 12.2. The highest BCUT2D eigenvalue weighted by Gasteiger charge is 2.25. The van der Waals surface area contributed by atoms with E-state index in [1.54, 1.807) is 13.0 Å². The number of nitrogens with zero attached hydrogens (tertiary/aromatic N) is 3. The van der Waals surface area contributed by atoms with Crippen LogP contribution in [-0.4, -0.2) is 67.6 Å². The molecule has 0 radical (unpaired) electrons. The van der Waals surface area contributed by atoms with Crippen LogP contribution >= 0.6 is 0 Å². The Hall–Kier alpha value is -2.68. The van der Waals surface area contributed by atoms with Gasteiger partial charge in [0.05, 0.1) is 29.3 Å². The van der Waals surface area contributed by atoms with Crippen LogP contribution in [0.3, 0.4) is 0 Å². The quantitative estimate of drug-likeness (QED) is 0.438. The molecule has 1 fully saturated rings. The Morgan fingerprint density at radius 1 is 1.23 bits per heavy atom. The van der Waals surface area contributed by atoms with Crippen LogP contribution in [0.1, 0.15) is 24.2 Å². The molecule has 9 nitrogen and oxygen atoms in total. The highest BCUT2D eigenvalue weighted by molar-refractivity contribution is 5.96. The number of hydrogen-bond acceptors (Lipinski definition) is 7. The lowest BCUT2D eigenvalue weighted by molar-refractivity contribution is -0.384. The summed E-state index contributed by atoms with van der Waals surface area (Å²) >= 11 is 0. The zero-order chi connectivity index (χ0) is 19.1. The van der Waals surface area contributed by atoms with Gasteiger partial charge in [-0.15, -0.1) is 0 Å². The topological polar surface area (TPSA) is 105 Å². The smallest absolute Gasteiger partial charge is 0.340 e. The first-order chi connectivity index (χ1) is 12.5. The maximum Gasteiger partial charge on any atom is 0.340 e. The van der Waals surface area contributed by atoms with Crippen molar-refractivity contribution >= 4 is 23.3 Å². The standard InChI is InChI=1S/C17H24N4O5/c1-3-18-16(22)12-19-7-9-20(10-8-19)15-6-5-13(21(24)25)11-14(15)17(23)26-4-2/h5-6,11H,3-4,7-10,12H2,1-2H3,(H,18,22). The number of piperazine rings is 1. The molecular weight excluding hydrogens is 340 g/mol. The van der Waals surface area contributed by atoms with Gasteiger partial charge in [0, 0.05) is 44.9 Å². The molecule has 1 aromatic rings. The van der Waals surface area contributed by atoms with E-state index in [1.165, 1.54) is 12.1 Å². The molecule has 1 aliphatic rings. The highest BCUT2D eigenvalue weighted by Crippen LogP contribution is 2.27. The molecule has 0 saturated carbocycles. The monoisotopic (exact) mass is 364 g/mol. The molecule has 142 valence electrons. The molecule has 0 aliphatic carbocycles. The summed E-state index contributed by atoms with van der Waals surface area (Å²) in [7, 11) is 0. The van der Waals surface area contributed by atoms with E-state index in [-0.39, 0.29) is 23.8 Å². The molecule has 9 heteroatoms. The number of hydrogen-bond donors (Lipinski definition) is 1. The number of anilines is 1. The van der Waals surface area contributed by atoms with Crippen molar-refractivity contribution in [2.45, 2.75) is 13.8 Å². The Morgan fingerprint density at radius 3 is 2.50 bits per heavy atom. The fourth-order valence-corrected chi connectivity index (χ4v) is 2.89. The summed E-state index contributed by atoms with van der Waals surface area (Å²) in [5.41, 5.74) is 0.664. The van der Waals surface area contributed by atoms with Gasteiger partial charge in [-0.1, -0.05) is 0 Å². The predicted molar refractivity (Wildman–Crippen MR) is 96.4 cm³/mol. The first kappa shape index (κ1) is 19.6. The fraction of sp³-hybridized carbons (Fsp3) is 0.529. The van der Waals surface area contributed by atoms with E-state index >= 15 is 0 Å². The number of benzene rings is 1. The summed E-state index contributed by atoms with van der Waals surface area (Å²) in [6.07, 6.45) is 0. The van der Waals surface area contributed by atoms with Crippen molar-refractivity contribution in [1.82, 2.24) is 10.2 Å². The van der Waals surface area contributed by atoms with E-state index in [0.29, 0.717) is 45.0 Å². The maximum atomic E-state index is 12.2. The van der Waals surface area contributed by atoms with Crippen LogP contribution in [0, 0.1) is 10.1 Å². The average molecular weight is 364 g/mol. The molecular formula is C17H24N4O5. The van der Waals surface area contributed by atoms with Crippen molar-refractivity contribution < 1.29 is 19.2 Å². The molecule has 2 rings (SSSR count). The number of nitro groups is 1. The Labute approximate surface area is 152 Å². The molecule has 0 spiro atoms. The number of carbonyl (C=O) groups excluding carboxylic acids is 2. The average Bonchev–Trinajstić information content (AvgIpc) is 2.62. The third-order valence-electron chi connectivity index (χ3n) is 4.14. The third kappa shape index (κ3) is 4.92. The van der Waals surface area contributed by atoms with Crippen molar-refractivity contribution in [3.8, 4) is 0 Å². The molecule has 1 amide bonds. The molecule has 1 heterocycles. The minimum atomic E-state index is -0.573. The Balaban J connectivity index is 2.12. The summed E-state index contributed by atoms with van der Waals surface area (Å²) in [5, 5.41) is 13.8. The van der Waals surface area contributed by atoms with E-state index in [1.807, 2.05) is 16.7 Å². The number of rotatable bonds is 7. The number of nitro benzene ring substituents is 1. The van der Waals surface area contributed by atoms with E-state index < -0.39 is 10.9 Å². The summed E-state index contributed by atoms with van der Waals surface area (Å²) in [6, 6.07) is 4.23. The molecule has 0 aromatic heterocycles. The van der Waals surface area contributed by atoms with Gasteiger partial charge in [0.25, 0.3) is 5.69 Å². The zero-order valence-corrected chi connectivity index (χ0v) is 15.1. The molecule has 1 saturated heterocycles. The number of likely N-dealkylation sites (N-methyl/N-ethyl adjacent to an activating group) is 1. The second kappa shape index (κ2) is 9.14. The van der Waals surface area contributed by atoms with Gasteiger partial charge in [0.1, 0.15) is 0 Å². The summed E-state index contributed by atoms with van der Waals surface area (Å²) in [6.45, 7) is 7.26. The summed E-state index contributed by atoms with van der Waals surface area (Å²) in [5.74, 6) is -0.584. The number of nitrogens with one attached hydrogen (secondary N) is 1. The fourth-order valence-electron chi connectivity index (χ4n) is 2.89. The van der Waals surface area contributed by atoms with Gasteiger partial charge in [-0.2, -0.15) is 0 Å². The van der Waals surface area contributed by atoms with E-state index in [0.717, 1.165) is 0 Å². The second-order valence-corrected chi connectivity index (χ2v) is 5.90. The molecule has 26 heavy (non-hydrogen) atoms. The van der Waals surface area contributed by atoms with Crippen LogP contribution in [0.2, 0.25) is 0 Å². The molecule has 1 aliphatic heterocycles. The van der Waals surface area contributed by atoms with Gasteiger partial charge < -0.3 is 15.0 Å². The minimum absolute atomic E-state index is 0.0106. The number of esters is 1. The Kier molecular flexibility index (Phi) is 6.90.